The number of ether oxygens (including phenoxy) is 1. The molecule has 0 aliphatic carbocycles. The molecule has 0 saturated heterocycles. The van der Waals surface area contributed by atoms with E-state index in [0.29, 0.717) is 5.92 Å². The maximum absolute atomic E-state index is 5.77. The van der Waals surface area contributed by atoms with Crippen LogP contribution in [0.5, 0.6) is 5.75 Å². The third kappa shape index (κ3) is 6.98. The summed E-state index contributed by atoms with van der Waals surface area (Å²) >= 11 is 3.58. The third-order valence-corrected chi connectivity index (χ3v) is 3.50. The molecule has 1 aromatic carbocycles. The van der Waals surface area contributed by atoms with E-state index < -0.39 is 0 Å². The van der Waals surface area contributed by atoms with Crippen molar-refractivity contribution >= 4 is 15.9 Å². The Morgan fingerprint density at radius 3 is 2.68 bits per heavy atom. The van der Waals surface area contributed by atoms with Gasteiger partial charge < -0.3 is 10.1 Å². The highest BCUT2D eigenvalue weighted by Gasteiger charge is 2.03. The van der Waals surface area contributed by atoms with Gasteiger partial charge in [0.2, 0.25) is 0 Å². The summed E-state index contributed by atoms with van der Waals surface area (Å²) in [4.78, 5) is 0. The first-order valence-electron chi connectivity index (χ1n) is 7.25. The Bertz CT molecular complexity index is 366. The average molecular weight is 328 g/mol. The number of hydrogen-bond acceptors (Lipinski definition) is 2. The second-order valence-electron chi connectivity index (χ2n) is 5.35. The number of benzene rings is 1. The molecule has 2 nitrogen and oxygen atoms in total. The van der Waals surface area contributed by atoms with Gasteiger partial charge >= 0.3 is 0 Å². The maximum Gasteiger partial charge on any atom is 0.133 e. The summed E-state index contributed by atoms with van der Waals surface area (Å²) in [7, 11) is 0. The smallest absolute Gasteiger partial charge is 0.133 e. The van der Waals surface area contributed by atoms with Crippen LogP contribution in [-0.2, 0) is 6.54 Å². The number of hydrogen-bond donors (Lipinski definition) is 1. The number of rotatable bonds is 9. The van der Waals surface area contributed by atoms with Crippen LogP contribution in [0.1, 0.15) is 45.6 Å². The second-order valence-corrected chi connectivity index (χ2v) is 6.20. The minimum atomic E-state index is 0.685. The second kappa shape index (κ2) is 9.38. The summed E-state index contributed by atoms with van der Waals surface area (Å²) in [5, 5.41) is 3.45. The zero-order valence-corrected chi connectivity index (χ0v) is 13.9. The molecular weight excluding hydrogens is 302 g/mol. The van der Waals surface area contributed by atoms with Crippen molar-refractivity contribution in [3.63, 3.8) is 0 Å². The van der Waals surface area contributed by atoms with Crippen molar-refractivity contribution in [1.82, 2.24) is 5.32 Å². The van der Waals surface area contributed by atoms with Gasteiger partial charge in [0.05, 0.1) is 11.1 Å². The molecule has 1 N–H and O–H groups in total. The number of halogens is 1. The molecule has 0 fully saturated rings. The van der Waals surface area contributed by atoms with E-state index in [2.05, 4.69) is 60.2 Å². The number of unbranched alkanes of at least 4 members (excludes halogenated alkanes) is 2. The zero-order valence-electron chi connectivity index (χ0n) is 12.3. The lowest BCUT2D eigenvalue weighted by Crippen LogP contribution is -2.18. The molecule has 3 heteroatoms. The van der Waals surface area contributed by atoms with Gasteiger partial charge in [-0.15, -0.1) is 0 Å². The van der Waals surface area contributed by atoms with Gasteiger partial charge in [0.1, 0.15) is 5.75 Å². The standard InChI is InChI=1S/C16H26BrNO/c1-4-5-6-9-19-16-8-7-14(10-15(16)17)12-18-11-13(2)3/h7-8,10,13,18H,4-6,9,11-12H2,1-3H3. The van der Waals surface area contributed by atoms with E-state index >= 15 is 0 Å². The van der Waals surface area contributed by atoms with Crippen molar-refractivity contribution < 1.29 is 4.74 Å². The topological polar surface area (TPSA) is 21.3 Å². The third-order valence-electron chi connectivity index (χ3n) is 2.88. The fraction of sp³-hybridized carbons (Fsp3) is 0.625. The van der Waals surface area contributed by atoms with Gasteiger partial charge in [-0.05, 0) is 52.5 Å². The lowest BCUT2D eigenvalue weighted by molar-refractivity contribution is 0.304. The highest BCUT2D eigenvalue weighted by Crippen LogP contribution is 2.26. The molecular formula is C16H26BrNO. The van der Waals surface area contributed by atoms with E-state index in [1.54, 1.807) is 0 Å². The van der Waals surface area contributed by atoms with E-state index in [1.807, 2.05) is 0 Å². The average Bonchev–Trinajstić information content (AvgIpc) is 2.36. The van der Waals surface area contributed by atoms with E-state index in [0.717, 1.165) is 36.3 Å². The fourth-order valence-electron chi connectivity index (χ4n) is 1.81. The van der Waals surface area contributed by atoms with Crippen molar-refractivity contribution in [2.45, 2.75) is 46.6 Å². The summed E-state index contributed by atoms with van der Waals surface area (Å²) in [6, 6.07) is 6.33. The van der Waals surface area contributed by atoms with Gasteiger partial charge in [0, 0.05) is 6.54 Å². The Morgan fingerprint density at radius 1 is 1.26 bits per heavy atom. The Hall–Kier alpha value is -0.540. The first-order chi connectivity index (χ1) is 9.13. The van der Waals surface area contributed by atoms with Crippen LogP contribution >= 0.6 is 15.9 Å². The van der Waals surface area contributed by atoms with Gasteiger partial charge in [-0.2, -0.15) is 0 Å². The minimum Gasteiger partial charge on any atom is -0.492 e. The van der Waals surface area contributed by atoms with Gasteiger partial charge in [0.25, 0.3) is 0 Å². The van der Waals surface area contributed by atoms with E-state index in [9.17, 15) is 0 Å². The van der Waals surface area contributed by atoms with E-state index in [-0.39, 0.29) is 0 Å². The minimum absolute atomic E-state index is 0.685. The van der Waals surface area contributed by atoms with Crippen LogP contribution in [0.25, 0.3) is 0 Å². The molecule has 0 spiro atoms. The molecule has 108 valence electrons. The molecule has 0 atom stereocenters. The zero-order chi connectivity index (χ0) is 14.1. The Labute approximate surface area is 126 Å². The molecule has 0 heterocycles. The van der Waals surface area contributed by atoms with Crippen LogP contribution in [0.4, 0.5) is 0 Å². The highest BCUT2D eigenvalue weighted by atomic mass is 79.9. The first-order valence-corrected chi connectivity index (χ1v) is 8.04. The van der Waals surface area contributed by atoms with Crippen LogP contribution in [0.3, 0.4) is 0 Å². The highest BCUT2D eigenvalue weighted by molar-refractivity contribution is 9.10. The molecule has 0 saturated carbocycles. The SMILES string of the molecule is CCCCCOc1ccc(CNCC(C)C)cc1Br. The van der Waals surface area contributed by atoms with Crippen molar-refractivity contribution in [1.29, 1.82) is 0 Å². The van der Waals surface area contributed by atoms with Crippen molar-refractivity contribution in [3.8, 4) is 5.75 Å². The lowest BCUT2D eigenvalue weighted by Gasteiger charge is -2.11. The summed E-state index contributed by atoms with van der Waals surface area (Å²) in [5.41, 5.74) is 1.29. The van der Waals surface area contributed by atoms with Crippen molar-refractivity contribution in [3.05, 3.63) is 28.2 Å². The summed E-state index contributed by atoms with van der Waals surface area (Å²) in [6.45, 7) is 9.40. The summed E-state index contributed by atoms with van der Waals surface area (Å²) in [6.07, 6.45) is 3.58. The predicted molar refractivity (Wildman–Crippen MR) is 85.7 cm³/mol. The largest absolute Gasteiger partial charge is 0.492 e. The van der Waals surface area contributed by atoms with E-state index in [1.165, 1.54) is 18.4 Å². The van der Waals surface area contributed by atoms with Gasteiger partial charge in [-0.1, -0.05) is 39.7 Å². The fourth-order valence-corrected chi connectivity index (χ4v) is 2.35. The van der Waals surface area contributed by atoms with Crippen LogP contribution in [0.2, 0.25) is 0 Å². The van der Waals surface area contributed by atoms with Crippen LogP contribution in [-0.4, -0.2) is 13.2 Å². The van der Waals surface area contributed by atoms with Crippen LogP contribution < -0.4 is 10.1 Å². The van der Waals surface area contributed by atoms with Crippen molar-refractivity contribution in [2.75, 3.05) is 13.2 Å². The molecule has 0 radical (unpaired) electrons. The Balaban J connectivity index is 2.40. The lowest BCUT2D eigenvalue weighted by atomic mass is 10.2. The molecule has 0 aliphatic heterocycles. The van der Waals surface area contributed by atoms with Crippen LogP contribution in [0, 0.1) is 5.92 Å². The van der Waals surface area contributed by atoms with Gasteiger partial charge in [-0.25, -0.2) is 0 Å². The molecule has 0 unspecified atom stereocenters. The quantitative estimate of drug-likeness (QED) is 0.660. The first kappa shape index (κ1) is 16.5. The maximum atomic E-state index is 5.77. The van der Waals surface area contributed by atoms with Crippen LogP contribution in [0.15, 0.2) is 22.7 Å². The molecule has 1 rings (SSSR count). The Kier molecular flexibility index (Phi) is 8.15. The summed E-state index contributed by atoms with van der Waals surface area (Å²) < 4.78 is 6.82. The Morgan fingerprint density at radius 2 is 2.05 bits per heavy atom. The molecule has 0 aromatic heterocycles. The van der Waals surface area contributed by atoms with Gasteiger partial charge in [0.15, 0.2) is 0 Å². The monoisotopic (exact) mass is 327 g/mol. The summed E-state index contributed by atoms with van der Waals surface area (Å²) in [5.74, 6) is 1.63. The number of nitrogens with one attached hydrogen (secondary N) is 1. The predicted octanol–water partition coefficient (Wildman–Crippen LogP) is 4.76. The van der Waals surface area contributed by atoms with Crippen molar-refractivity contribution in [2.24, 2.45) is 5.92 Å². The molecule has 1 aromatic rings. The molecule has 0 aliphatic rings. The molecule has 0 amide bonds. The molecule has 19 heavy (non-hydrogen) atoms. The van der Waals surface area contributed by atoms with E-state index in [4.69, 9.17) is 4.74 Å². The van der Waals surface area contributed by atoms with Gasteiger partial charge in [-0.3, -0.25) is 0 Å². The molecule has 0 bridgehead atoms. The normalized spacial score (nSPS) is 11.0.